The number of H-pyrrole nitrogens is 1. The minimum atomic E-state index is -0.431. The Balaban J connectivity index is 2.62. The molecule has 0 radical (unpaired) electrons. The van der Waals surface area contributed by atoms with Gasteiger partial charge in [0.25, 0.3) is 0 Å². The lowest BCUT2D eigenvalue weighted by molar-refractivity contribution is 0.0601. The van der Waals surface area contributed by atoms with Gasteiger partial charge in [0.15, 0.2) is 0 Å². The molecule has 6 heteroatoms. The first-order chi connectivity index (χ1) is 8.17. The zero-order valence-electron chi connectivity index (χ0n) is 9.40. The van der Waals surface area contributed by atoms with Gasteiger partial charge in [0.2, 0.25) is 0 Å². The van der Waals surface area contributed by atoms with Crippen molar-refractivity contribution in [3.05, 3.63) is 34.2 Å². The molecule has 0 aliphatic heterocycles. The van der Waals surface area contributed by atoms with Gasteiger partial charge in [-0.3, -0.25) is 4.57 Å². The molecule has 1 heterocycles. The Hall–Kier alpha value is -2.08. The van der Waals surface area contributed by atoms with E-state index in [1.165, 1.54) is 11.7 Å². The maximum Gasteiger partial charge on any atom is 0.337 e. The number of nitrogens with two attached hydrogens (primary N) is 1. The van der Waals surface area contributed by atoms with Crippen molar-refractivity contribution in [3.63, 3.8) is 0 Å². The molecule has 1 aromatic carbocycles. The van der Waals surface area contributed by atoms with Gasteiger partial charge in [-0.05, 0) is 18.2 Å². The maximum absolute atomic E-state index is 11.6. The highest BCUT2D eigenvalue weighted by Crippen LogP contribution is 2.13. The molecule has 0 spiro atoms. The molecule has 0 bridgehead atoms. The quantitative estimate of drug-likeness (QED) is 0.737. The van der Waals surface area contributed by atoms with Crippen LogP contribution in [0, 0.1) is 0 Å². The Kier molecular flexibility index (Phi) is 2.97. The van der Waals surface area contributed by atoms with Gasteiger partial charge in [-0.15, -0.1) is 0 Å². The zero-order valence-corrected chi connectivity index (χ0v) is 9.40. The predicted octanol–water partition coefficient (Wildman–Crippen LogP) is 0.0749. The molecule has 0 unspecified atom stereocenters. The average molecular weight is 235 g/mol. The van der Waals surface area contributed by atoms with E-state index in [4.69, 9.17) is 5.73 Å². The number of ether oxygens (including phenoxy) is 1. The number of aromatic nitrogens is 2. The van der Waals surface area contributed by atoms with E-state index in [9.17, 15) is 9.59 Å². The first kappa shape index (κ1) is 11.4. The van der Waals surface area contributed by atoms with E-state index < -0.39 is 5.97 Å². The SMILES string of the molecule is COC(=O)c1ccc2[nH]c(=O)n(CCN)c2c1. The summed E-state index contributed by atoms with van der Waals surface area (Å²) >= 11 is 0. The van der Waals surface area contributed by atoms with Crippen molar-refractivity contribution >= 4 is 17.0 Å². The molecule has 0 fully saturated rings. The predicted molar refractivity (Wildman–Crippen MR) is 63.0 cm³/mol. The van der Waals surface area contributed by atoms with Gasteiger partial charge in [-0.25, -0.2) is 9.59 Å². The molecule has 90 valence electrons. The smallest absolute Gasteiger partial charge is 0.337 e. The maximum atomic E-state index is 11.6. The number of esters is 1. The second-order valence-corrected chi connectivity index (χ2v) is 3.59. The van der Waals surface area contributed by atoms with E-state index in [1.807, 2.05) is 0 Å². The molecule has 2 aromatic rings. The van der Waals surface area contributed by atoms with Gasteiger partial charge in [-0.1, -0.05) is 0 Å². The summed E-state index contributed by atoms with van der Waals surface area (Å²) in [5, 5.41) is 0. The van der Waals surface area contributed by atoms with Gasteiger partial charge in [0.1, 0.15) is 0 Å². The molecule has 0 saturated carbocycles. The lowest BCUT2D eigenvalue weighted by Gasteiger charge is -2.02. The van der Waals surface area contributed by atoms with Crippen LogP contribution >= 0.6 is 0 Å². The summed E-state index contributed by atoms with van der Waals surface area (Å²) < 4.78 is 6.13. The van der Waals surface area contributed by atoms with Crippen molar-refractivity contribution in [1.29, 1.82) is 0 Å². The normalized spacial score (nSPS) is 10.7. The van der Waals surface area contributed by atoms with Crippen LogP contribution in [0.3, 0.4) is 0 Å². The monoisotopic (exact) mass is 235 g/mol. The average Bonchev–Trinajstić information content (AvgIpc) is 2.65. The number of hydrogen-bond acceptors (Lipinski definition) is 4. The topological polar surface area (TPSA) is 90.1 Å². The standard InChI is InChI=1S/C11H13N3O3/c1-17-10(15)7-2-3-8-9(6-7)14(5-4-12)11(16)13-8/h2-3,6H,4-5,12H2,1H3,(H,13,16). The second kappa shape index (κ2) is 4.42. The molecule has 2 rings (SSSR count). The lowest BCUT2D eigenvalue weighted by atomic mass is 10.2. The van der Waals surface area contributed by atoms with Crippen molar-refractivity contribution in [1.82, 2.24) is 9.55 Å². The van der Waals surface area contributed by atoms with Crippen molar-refractivity contribution in [3.8, 4) is 0 Å². The Morgan fingerprint density at radius 1 is 1.53 bits per heavy atom. The Bertz CT molecular complexity index is 612. The fraction of sp³-hybridized carbons (Fsp3) is 0.273. The van der Waals surface area contributed by atoms with Crippen molar-refractivity contribution < 1.29 is 9.53 Å². The van der Waals surface area contributed by atoms with Crippen LogP contribution in [0.1, 0.15) is 10.4 Å². The third kappa shape index (κ3) is 1.94. The highest BCUT2D eigenvalue weighted by Gasteiger charge is 2.10. The second-order valence-electron chi connectivity index (χ2n) is 3.59. The van der Waals surface area contributed by atoms with E-state index >= 15 is 0 Å². The van der Waals surface area contributed by atoms with Crippen LogP contribution in [0.15, 0.2) is 23.0 Å². The Morgan fingerprint density at radius 3 is 2.94 bits per heavy atom. The number of aromatic amines is 1. The number of rotatable bonds is 3. The van der Waals surface area contributed by atoms with Crippen LogP contribution in [0.4, 0.5) is 0 Å². The minimum absolute atomic E-state index is 0.229. The summed E-state index contributed by atoms with van der Waals surface area (Å²) in [5.41, 5.74) is 6.95. The van der Waals surface area contributed by atoms with Crippen molar-refractivity contribution in [2.75, 3.05) is 13.7 Å². The molecule has 1 aromatic heterocycles. The van der Waals surface area contributed by atoms with E-state index in [0.29, 0.717) is 29.7 Å². The molecule has 0 atom stereocenters. The third-order valence-electron chi connectivity index (χ3n) is 2.55. The molecule has 0 aliphatic rings. The van der Waals surface area contributed by atoms with E-state index in [2.05, 4.69) is 9.72 Å². The Morgan fingerprint density at radius 2 is 2.29 bits per heavy atom. The fourth-order valence-electron chi connectivity index (χ4n) is 1.75. The fourth-order valence-corrected chi connectivity index (χ4v) is 1.75. The summed E-state index contributed by atoms with van der Waals surface area (Å²) in [6.07, 6.45) is 0. The van der Waals surface area contributed by atoms with E-state index in [-0.39, 0.29) is 5.69 Å². The van der Waals surface area contributed by atoms with Crippen LogP contribution in [0.5, 0.6) is 0 Å². The van der Waals surface area contributed by atoms with Crippen LogP contribution in [-0.2, 0) is 11.3 Å². The summed E-state index contributed by atoms with van der Waals surface area (Å²) in [6.45, 7) is 0.763. The summed E-state index contributed by atoms with van der Waals surface area (Å²) in [4.78, 5) is 25.7. The molecular formula is C11H13N3O3. The largest absolute Gasteiger partial charge is 0.465 e. The van der Waals surface area contributed by atoms with Crippen molar-refractivity contribution in [2.24, 2.45) is 5.73 Å². The number of benzene rings is 1. The highest BCUT2D eigenvalue weighted by molar-refractivity contribution is 5.93. The molecule has 6 nitrogen and oxygen atoms in total. The molecule has 0 amide bonds. The van der Waals surface area contributed by atoms with Crippen LogP contribution in [0.25, 0.3) is 11.0 Å². The lowest BCUT2D eigenvalue weighted by Crippen LogP contribution is -2.21. The number of carbonyl (C=O) groups excluding carboxylic acids is 1. The summed E-state index contributed by atoms with van der Waals surface area (Å²) in [5.74, 6) is -0.431. The van der Waals surface area contributed by atoms with Gasteiger partial charge in [0.05, 0.1) is 23.7 Å². The molecule has 17 heavy (non-hydrogen) atoms. The van der Waals surface area contributed by atoms with E-state index in [0.717, 1.165) is 0 Å². The van der Waals surface area contributed by atoms with E-state index in [1.54, 1.807) is 18.2 Å². The summed E-state index contributed by atoms with van der Waals surface area (Å²) in [6, 6.07) is 4.90. The molecular weight excluding hydrogens is 222 g/mol. The zero-order chi connectivity index (χ0) is 12.4. The number of imidazole rings is 1. The minimum Gasteiger partial charge on any atom is -0.465 e. The number of hydrogen-bond donors (Lipinski definition) is 2. The number of nitrogens with zero attached hydrogens (tertiary/aromatic N) is 1. The van der Waals surface area contributed by atoms with Crippen LogP contribution in [-0.4, -0.2) is 29.2 Å². The number of carbonyl (C=O) groups is 1. The van der Waals surface area contributed by atoms with Crippen LogP contribution in [0.2, 0.25) is 0 Å². The Labute approximate surface area is 97.0 Å². The van der Waals surface area contributed by atoms with Gasteiger partial charge >= 0.3 is 11.7 Å². The highest BCUT2D eigenvalue weighted by atomic mass is 16.5. The first-order valence-electron chi connectivity index (χ1n) is 5.18. The summed E-state index contributed by atoms with van der Waals surface area (Å²) in [7, 11) is 1.32. The molecule has 0 aliphatic carbocycles. The number of nitrogens with one attached hydrogen (secondary N) is 1. The molecule has 0 saturated heterocycles. The van der Waals surface area contributed by atoms with Crippen molar-refractivity contribution in [2.45, 2.75) is 6.54 Å². The third-order valence-corrected chi connectivity index (χ3v) is 2.55. The first-order valence-corrected chi connectivity index (χ1v) is 5.18. The van der Waals surface area contributed by atoms with Crippen LogP contribution < -0.4 is 11.4 Å². The van der Waals surface area contributed by atoms with Gasteiger partial charge in [-0.2, -0.15) is 0 Å². The van der Waals surface area contributed by atoms with Gasteiger partial charge in [0, 0.05) is 13.1 Å². The van der Waals surface area contributed by atoms with Gasteiger partial charge < -0.3 is 15.5 Å². The number of fused-ring (bicyclic) bond motifs is 1. The number of methoxy groups -OCH3 is 1. The molecule has 3 N–H and O–H groups in total.